The van der Waals surface area contributed by atoms with Crippen LogP contribution in [0.1, 0.15) is 20.7 Å². The van der Waals surface area contributed by atoms with E-state index in [1.54, 1.807) is 0 Å². The zero-order valence-electron chi connectivity index (χ0n) is 21.1. The molecule has 16 heteroatoms. The van der Waals surface area contributed by atoms with Crippen molar-refractivity contribution in [3.05, 3.63) is 47.5 Å². The number of nitrogens with one attached hydrogen (secondary N) is 4. The molecular weight excluding hydrogens is 550 g/mol. The molecule has 214 valence electrons. The Bertz CT molecular complexity index is 1180. The van der Waals surface area contributed by atoms with Gasteiger partial charge in [0, 0.05) is 24.3 Å². The van der Waals surface area contributed by atoms with Crippen LogP contribution in [0.4, 0.5) is 0 Å². The van der Waals surface area contributed by atoms with Crippen LogP contribution in [-0.2, 0) is 33.5 Å². The molecule has 1 aliphatic heterocycles. The quantitative estimate of drug-likeness (QED) is 0.103. The van der Waals surface area contributed by atoms with E-state index in [0.717, 1.165) is 4.90 Å². The summed E-state index contributed by atoms with van der Waals surface area (Å²) in [5.41, 5.74) is 0.00641. The van der Waals surface area contributed by atoms with Crippen LogP contribution in [0.15, 0.2) is 36.4 Å². The van der Waals surface area contributed by atoms with Gasteiger partial charge in [-0.2, -0.15) is 0 Å². The van der Waals surface area contributed by atoms with Crippen LogP contribution in [0.3, 0.4) is 0 Å². The first-order chi connectivity index (χ1) is 19.1. The maximum absolute atomic E-state index is 12.1. The maximum atomic E-state index is 12.1. The second kappa shape index (κ2) is 16.5. The normalized spacial score (nSPS) is 12.2. The third kappa shape index (κ3) is 11.5. The number of rotatable bonds is 16. The molecule has 0 spiro atoms. The van der Waals surface area contributed by atoms with Gasteiger partial charge < -0.3 is 25.8 Å². The van der Waals surface area contributed by atoms with E-state index in [4.69, 9.17) is 9.84 Å². The van der Waals surface area contributed by atoms with Crippen LogP contribution in [0, 0.1) is 0 Å². The molecule has 0 aliphatic carbocycles. The molecule has 5 N–H and O–H groups in total. The standard InChI is InChI=1S/C24H27N5O10S/c30-17(11-25-6-8-39-9-7-29-21(34)4-5-22(29)35)26-12-18(31)27-13-19(32)28-20(33)14-40-24(38)16-3-1-2-15(10-16)23(36)37/h1-5,10,25H,6-9,11-14H2,(H,26,30)(H,27,31)(H,36,37)(H,28,32,33). The van der Waals surface area contributed by atoms with E-state index >= 15 is 0 Å². The highest BCUT2D eigenvalue weighted by molar-refractivity contribution is 8.14. The topological polar surface area (TPSA) is 217 Å². The van der Waals surface area contributed by atoms with Gasteiger partial charge in [-0.25, -0.2) is 4.79 Å². The second-order valence-corrected chi connectivity index (χ2v) is 8.89. The summed E-state index contributed by atoms with van der Waals surface area (Å²) in [6.07, 6.45) is 2.36. The average Bonchev–Trinajstić information content (AvgIpc) is 3.25. The number of nitrogens with zero attached hydrogens (tertiary/aromatic N) is 1. The average molecular weight is 578 g/mol. The molecule has 1 heterocycles. The van der Waals surface area contributed by atoms with Gasteiger partial charge in [-0.15, -0.1) is 0 Å². The zero-order chi connectivity index (χ0) is 29.5. The Morgan fingerprint density at radius 3 is 2.12 bits per heavy atom. The fourth-order valence-electron chi connectivity index (χ4n) is 2.97. The van der Waals surface area contributed by atoms with Gasteiger partial charge in [0.1, 0.15) is 0 Å². The van der Waals surface area contributed by atoms with Gasteiger partial charge in [0.2, 0.25) is 28.7 Å². The summed E-state index contributed by atoms with van der Waals surface area (Å²) in [4.78, 5) is 94.2. The number of carbonyl (C=O) groups is 8. The molecular formula is C24H27N5O10S. The molecule has 0 saturated heterocycles. The van der Waals surface area contributed by atoms with Crippen molar-refractivity contribution in [1.29, 1.82) is 0 Å². The van der Waals surface area contributed by atoms with Crippen molar-refractivity contribution in [1.82, 2.24) is 26.2 Å². The Labute approximate surface area is 232 Å². The van der Waals surface area contributed by atoms with E-state index in [-0.39, 0.29) is 37.4 Å². The molecule has 1 aliphatic rings. The van der Waals surface area contributed by atoms with Crippen molar-refractivity contribution in [2.24, 2.45) is 0 Å². The maximum Gasteiger partial charge on any atom is 0.335 e. The molecule has 0 atom stereocenters. The van der Waals surface area contributed by atoms with Gasteiger partial charge in [-0.1, -0.05) is 23.9 Å². The first-order valence-electron chi connectivity index (χ1n) is 11.8. The third-order valence-electron chi connectivity index (χ3n) is 4.92. The summed E-state index contributed by atoms with van der Waals surface area (Å²) in [5, 5.41) is 17.8. The summed E-state index contributed by atoms with van der Waals surface area (Å²) in [7, 11) is 0. The minimum Gasteiger partial charge on any atom is -0.478 e. The summed E-state index contributed by atoms with van der Waals surface area (Å²) < 4.78 is 5.28. The Morgan fingerprint density at radius 2 is 1.45 bits per heavy atom. The van der Waals surface area contributed by atoms with Crippen molar-refractivity contribution in [3.63, 3.8) is 0 Å². The zero-order valence-corrected chi connectivity index (χ0v) is 21.9. The van der Waals surface area contributed by atoms with E-state index in [2.05, 4.69) is 16.0 Å². The lowest BCUT2D eigenvalue weighted by molar-refractivity contribution is -0.137. The Hall–Kier alpha value is -4.41. The number of imide groups is 2. The van der Waals surface area contributed by atoms with Crippen molar-refractivity contribution in [2.45, 2.75) is 0 Å². The lowest BCUT2D eigenvalue weighted by Crippen LogP contribution is -2.45. The SMILES string of the molecule is O=C(CNCCOCCN1C(=O)C=CC1=O)NCC(=O)NCC(=O)NC(=O)CSC(=O)c1cccc(C(=O)O)c1. The van der Waals surface area contributed by atoms with Crippen LogP contribution in [0.5, 0.6) is 0 Å². The number of benzene rings is 1. The second-order valence-electron chi connectivity index (χ2n) is 7.94. The number of ether oxygens (including phenoxy) is 1. The van der Waals surface area contributed by atoms with Crippen molar-refractivity contribution >= 4 is 58.3 Å². The van der Waals surface area contributed by atoms with E-state index in [9.17, 15) is 38.4 Å². The lowest BCUT2D eigenvalue weighted by atomic mass is 10.1. The Balaban J connectivity index is 1.50. The number of hydrogen-bond donors (Lipinski definition) is 5. The van der Waals surface area contributed by atoms with Crippen LogP contribution in [0.2, 0.25) is 0 Å². The first-order valence-corrected chi connectivity index (χ1v) is 12.7. The molecule has 40 heavy (non-hydrogen) atoms. The van der Waals surface area contributed by atoms with Crippen molar-refractivity contribution < 1.29 is 48.2 Å². The molecule has 0 saturated carbocycles. The van der Waals surface area contributed by atoms with Crippen molar-refractivity contribution in [3.8, 4) is 0 Å². The van der Waals surface area contributed by atoms with E-state index in [0.29, 0.717) is 18.3 Å². The number of carboxylic acids is 1. The molecule has 15 nitrogen and oxygen atoms in total. The first kappa shape index (κ1) is 31.8. The third-order valence-corrected chi connectivity index (χ3v) is 5.82. The van der Waals surface area contributed by atoms with E-state index < -0.39 is 65.4 Å². The fourth-order valence-corrected chi connectivity index (χ4v) is 3.60. The van der Waals surface area contributed by atoms with Gasteiger partial charge in [0.25, 0.3) is 11.8 Å². The predicted molar refractivity (Wildman–Crippen MR) is 139 cm³/mol. The molecule has 1 aromatic carbocycles. The summed E-state index contributed by atoms with van der Waals surface area (Å²) in [5.74, 6) is -5.19. The molecule has 6 amide bonds. The highest BCUT2D eigenvalue weighted by atomic mass is 32.2. The number of amides is 6. The number of aromatic carboxylic acids is 1. The smallest absolute Gasteiger partial charge is 0.335 e. The van der Waals surface area contributed by atoms with Crippen LogP contribution in [0.25, 0.3) is 0 Å². The molecule has 0 aromatic heterocycles. The number of hydrogen-bond acceptors (Lipinski definition) is 11. The number of carbonyl (C=O) groups excluding carboxylic acids is 7. The van der Waals surface area contributed by atoms with Crippen LogP contribution in [-0.4, -0.2) is 108 Å². The van der Waals surface area contributed by atoms with Crippen molar-refractivity contribution in [2.75, 3.05) is 51.7 Å². The lowest BCUT2D eigenvalue weighted by Gasteiger charge is -2.13. The van der Waals surface area contributed by atoms with Gasteiger partial charge in [0.15, 0.2) is 0 Å². The van der Waals surface area contributed by atoms with Crippen LogP contribution < -0.4 is 21.3 Å². The highest BCUT2D eigenvalue weighted by Gasteiger charge is 2.22. The monoisotopic (exact) mass is 577 g/mol. The van der Waals surface area contributed by atoms with E-state index in [1.165, 1.54) is 36.4 Å². The van der Waals surface area contributed by atoms with E-state index in [1.807, 2.05) is 5.32 Å². The number of thioether (sulfide) groups is 1. The van der Waals surface area contributed by atoms with Crippen LogP contribution >= 0.6 is 11.8 Å². The molecule has 0 bridgehead atoms. The molecule has 0 radical (unpaired) electrons. The molecule has 0 fully saturated rings. The predicted octanol–water partition coefficient (Wildman–Crippen LogP) is -2.34. The summed E-state index contributed by atoms with van der Waals surface area (Å²) in [6, 6.07) is 5.28. The molecule has 2 rings (SSSR count). The van der Waals surface area contributed by atoms with Gasteiger partial charge in [0.05, 0.1) is 50.7 Å². The minimum atomic E-state index is -1.20. The molecule has 1 aromatic rings. The van der Waals surface area contributed by atoms with Gasteiger partial charge in [-0.05, 0) is 12.1 Å². The minimum absolute atomic E-state index is 0.0818. The summed E-state index contributed by atoms with van der Waals surface area (Å²) >= 11 is 0.579. The number of carboxylic acid groups (broad SMARTS) is 1. The van der Waals surface area contributed by atoms with Gasteiger partial charge >= 0.3 is 5.97 Å². The summed E-state index contributed by atoms with van der Waals surface area (Å²) in [6.45, 7) is -0.287. The molecule has 0 unspecified atom stereocenters. The van der Waals surface area contributed by atoms with Gasteiger partial charge in [-0.3, -0.25) is 43.8 Å². The fraction of sp³-hybridized carbons (Fsp3) is 0.333. The highest BCUT2D eigenvalue weighted by Crippen LogP contribution is 2.14. The Kier molecular flexibility index (Phi) is 13.1. The Morgan fingerprint density at radius 1 is 0.825 bits per heavy atom. The largest absolute Gasteiger partial charge is 0.478 e.